The molecule has 136 valence electrons. The van der Waals surface area contributed by atoms with Crippen molar-refractivity contribution in [1.29, 1.82) is 0 Å². The van der Waals surface area contributed by atoms with E-state index in [2.05, 4.69) is 20.5 Å². The highest BCUT2D eigenvalue weighted by Crippen LogP contribution is 2.22. The van der Waals surface area contributed by atoms with Crippen LogP contribution in [0, 0.1) is 6.92 Å². The second kappa shape index (κ2) is 7.20. The molecule has 3 heterocycles. The Bertz CT molecular complexity index is 1150. The molecule has 27 heavy (non-hydrogen) atoms. The molecule has 0 saturated carbocycles. The van der Waals surface area contributed by atoms with Crippen LogP contribution in [0.5, 0.6) is 5.75 Å². The number of fused-ring (bicyclic) bond motifs is 1. The van der Waals surface area contributed by atoms with Crippen molar-refractivity contribution < 1.29 is 4.74 Å². The number of hydrogen-bond acceptors (Lipinski definition) is 7. The molecule has 0 spiro atoms. The molecule has 8 nitrogen and oxygen atoms in total. The lowest BCUT2D eigenvalue weighted by atomic mass is 10.3. The van der Waals surface area contributed by atoms with Gasteiger partial charge in [-0.2, -0.15) is 4.68 Å². The van der Waals surface area contributed by atoms with E-state index >= 15 is 0 Å². The third kappa shape index (κ3) is 3.41. The van der Waals surface area contributed by atoms with Crippen LogP contribution in [-0.4, -0.2) is 36.7 Å². The number of nitrogens with zero attached hydrogens (tertiary/aromatic N) is 6. The van der Waals surface area contributed by atoms with E-state index in [1.807, 2.05) is 49.4 Å². The SMILES string of the molecule is COc1ccc(-n2nnnc2SCc2cc(=O)n3c(C)cccc3n2)cc1. The molecular formula is C18H16N6O2S. The number of hydrogen-bond donors (Lipinski definition) is 0. The first-order chi connectivity index (χ1) is 13.2. The van der Waals surface area contributed by atoms with Gasteiger partial charge in [0.15, 0.2) is 0 Å². The van der Waals surface area contributed by atoms with Crippen LogP contribution in [0.1, 0.15) is 11.4 Å². The lowest BCUT2D eigenvalue weighted by Gasteiger charge is -2.07. The Morgan fingerprint density at radius 3 is 2.74 bits per heavy atom. The van der Waals surface area contributed by atoms with Crippen LogP contribution in [0.3, 0.4) is 0 Å². The molecule has 0 amide bonds. The Morgan fingerprint density at radius 2 is 1.96 bits per heavy atom. The fourth-order valence-electron chi connectivity index (χ4n) is 2.73. The molecule has 0 atom stereocenters. The molecule has 0 saturated heterocycles. The number of pyridine rings is 1. The second-order valence-corrected chi connectivity index (χ2v) is 6.75. The average molecular weight is 380 g/mol. The molecule has 3 aromatic heterocycles. The number of rotatable bonds is 5. The number of tetrazole rings is 1. The molecule has 4 rings (SSSR count). The summed E-state index contributed by atoms with van der Waals surface area (Å²) in [6, 6.07) is 14.6. The molecule has 0 aliphatic carbocycles. The number of benzene rings is 1. The van der Waals surface area contributed by atoms with E-state index in [0.717, 1.165) is 17.1 Å². The molecule has 1 aromatic carbocycles. The van der Waals surface area contributed by atoms with Crippen molar-refractivity contribution in [2.24, 2.45) is 0 Å². The van der Waals surface area contributed by atoms with Gasteiger partial charge >= 0.3 is 0 Å². The van der Waals surface area contributed by atoms with Crippen LogP contribution in [0.2, 0.25) is 0 Å². The van der Waals surface area contributed by atoms with Gasteiger partial charge in [-0.05, 0) is 53.7 Å². The van der Waals surface area contributed by atoms with Gasteiger partial charge in [0.1, 0.15) is 11.4 Å². The van der Waals surface area contributed by atoms with Gasteiger partial charge in [-0.25, -0.2) is 4.98 Å². The highest BCUT2D eigenvalue weighted by atomic mass is 32.2. The Balaban J connectivity index is 1.59. The minimum atomic E-state index is -0.0940. The van der Waals surface area contributed by atoms with Crippen molar-refractivity contribution in [2.75, 3.05) is 7.11 Å². The zero-order valence-corrected chi connectivity index (χ0v) is 15.6. The molecule has 0 bridgehead atoms. The monoisotopic (exact) mass is 380 g/mol. The van der Waals surface area contributed by atoms with Gasteiger partial charge in [0.2, 0.25) is 5.16 Å². The standard InChI is InChI=1S/C18H16N6O2S/c1-12-4-3-5-16-19-13(10-17(25)23(12)16)11-27-18-20-21-22-24(18)14-6-8-15(26-2)9-7-14/h3-10H,11H2,1-2H3. The maximum Gasteiger partial charge on any atom is 0.258 e. The second-order valence-electron chi connectivity index (χ2n) is 5.81. The first-order valence-corrected chi connectivity index (χ1v) is 9.18. The van der Waals surface area contributed by atoms with Crippen molar-refractivity contribution >= 4 is 17.4 Å². The Morgan fingerprint density at radius 1 is 1.15 bits per heavy atom. The summed E-state index contributed by atoms with van der Waals surface area (Å²) in [6.07, 6.45) is 0. The van der Waals surface area contributed by atoms with Crippen LogP contribution in [0.15, 0.2) is 58.5 Å². The Kier molecular flexibility index (Phi) is 4.59. The summed E-state index contributed by atoms with van der Waals surface area (Å²) in [5.74, 6) is 1.24. The van der Waals surface area contributed by atoms with Crippen molar-refractivity contribution in [3.05, 3.63) is 70.3 Å². The van der Waals surface area contributed by atoms with Crippen molar-refractivity contribution in [1.82, 2.24) is 29.6 Å². The predicted octanol–water partition coefficient (Wildman–Crippen LogP) is 2.28. The van der Waals surface area contributed by atoms with Gasteiger partial charge in [0.05, 0.1) is 18.5 Å². The third-order valence-electron chi connectivity index (χ3n) is 4.04. The fourth-order valence-corrected chi connectivity index (χ4v) is 3.51. The largest absolute Gasteiger partial charge is 0.497 e. The maximum absolute atomic E-state index is 12.4. The maximum atomic E-state index is 12.4. The summed E-state index contributed by atoms with van der Waals surface area (Å²) < 4.78 is 8.40. The summed E-state index contributed by atoms with van der Waals surface area (Å²) in [6.45, 7) is 1.88. The Labute approximate surface area is 158 Å². The normalized spacial score (nSPS) is 11.0. The van der Waals surface area contributed by atoms with Crippen LogP contribution in [0.4, 0.5) is 0 Å². The van der Waals surface area contributed by atoms with Gasteiger partial charge in [0, 0.05) is 17.5 Å². The average Bonchev–Trinajstić information content (AvgIpc) is 3.15. The number of aryl methyl sites for hydroxylation is 1. The lowest BCUT2D eigenvalue weighted by Crippen LogP contribution is -2.17. The fraction of sp³-hybridized carbons (Fsp3) is 0.167. The van der Waals surface area contributed by atoms with Crippen molar-refractivity contribution in [3.63, 3.8) is 0 Å². The Hall–Kier alpha value is -3.20. The molecule has 4 aromatic rings. The number of methoxy groups -OCH3 is 1. The van der Waals surface area contributed by atoms with E-state index < -0.39 is 0 Å². The highest BCUT2D eigenvalue weighted by molar-refractivity contribution is 7.98. The summed E-state index contributed by atoms with van der Waals surface area (Å²) in [5.41, 5.74) is 2.90. The minimum absolute atomic E-state index is 0.0940. The summed E-state index contributed by atoms with van der Waals surface area (Å²) in [4.78, 5) is 17.0. The molecule has 0 N–H and O–H groups in total. The topological polar surface area (TPSA) is 87.2 Å². The van der Waals surface area contributed by atoms with E-state index in [4.69, 9.17) is 4.74 Å². The zero-order chi connectivity index (χ0) is 18.8. The third-order valence-corrected chi connectivity index (χ3v) is 4.99. The van der Waals surface area contributed by atoms with Gasteiger partial charge < -0.3 is 4.74 Å². The quantitative estimate of drug-likeness (QED) is 0.491. The molecular weight excluding hydrogens is 364 g/mol. The van der Waals surface area contributed by atoms with E-state index in [0.29, 0.717) is 22.3 Å². The predicted molar refractivity (Wildman–Crippen MR) is 101 cm³/mol. The van der Waals surface area contributed by atoms with Crippen molar-refractivity contribution in [3.8, 4) is 11.4 Å². The minimum Gasteiger partial charge on any atom is -0.497 e. The lowest BCUT2D eigenvalue weighted by molar-refractivity contribution is 0.414. The highest BCUT2D eigenvalue weighted by Gasteiger charge is 2.11. The first kappa shape index (κ1) is 17.2. The van der Waals surface area contributed by atoms with Gasteiger partial charge in [-0.15, -0.1) is 5.10 Å². The van der Waals surface area contributed by atoms with Crippen LogP contribution in [0.25, 0.3) is 11.3 Å². The molecule has 0 fully saturated rings. The molecule has 9 heteroatoms. The van der Waals surface area contributed by atoms with Gasteiger partial charge in [-0.1, -0.05) is 17.8 Å². The van der Waals surface area contributed by atoms with Crippen molar-refractivity contribution in [2.45, 2.75) is 17.8 Å². The molecule has 0 aliphatic heterocycles. The molecule has 0 aliphatic rings. The summed E-state index contributed by atoms with van der Waals surface area (Å²) >= 11 is 1.42. The van der Waals surface area contributed by atoms with E-state index in [-0.39, 0.29) is 5.56 Å². The summed E-state index contributed by atoms with van der Waals surface area (Å²) in [7, 11) is 1.62. The van der Waals surface area contributed by atoms with E-state index in [1.165, 1.54) is 11.8 Å². The van der Waals surface area contributed by atoms with Crippen LogP contribution >= 0.6 is 11.8 Å². The molecule has 0 radical (unpaired) electrons. The summed E-state index contributed by atoms with van der Waals surface area (Å²) in [5, 5.41) is 12.5. The van der Waals surface area contributed by atoms with Crippen LogP contribution < -0.4 is 10.3 Å². The van der Waals surface area contributed by atoms with Crippen LogP contribution in [-0.2, 0) is 5.75 Å². The first-order valence-electron chi connectivity index (χ1n) is 8.19. The number of ether oxygens (including phenoxy) is 1. The van der Waals surface area contributed by atoms with Gasteiger partial charge in [0.25, 0.3) is 5.56 Å². The van der Waals surface area contributed by atoms with E-state index in [9.17, 15) is 4.79 Å². The number of aromatic nitrogens is 6. The van der Waals surface area contributed by atoms with Gasteiger partial charge in [-0.3, -0.25) is 9.20 Å². The smallest absolute Gasteiger partial charge is 0.258 e. The molecule has 0 unspecified atom stereocenters. The number of thioether (sulfide) groups is 1. The zero-order valence-electron chi connectivity index (χ0n) is 14.7. The van der Waals surface area contributed by atoms with E-state index in [1.54, 1.807) is 22.3 Å².